The van der Waals surface area contributed by atoms with Crippen LogP contribution < -0.4 is 15.0 Å². The van der Waals surface area contributed by atoms with Crippen molar-refractivity contribution in [2.75, 3.05) is 37.7 Å². The number of hydrogen-bond acceptors (Lipinski definition) is 8. The number of phenolic OH excluding ortho intramolecular Hbond substituents is 1. The highest BCUT2D eigenvalue weighted by Crippen LogP contribution is 2.48. The number of benzene rings is 3. The van der Waals surface area contributed by atoms with Crippen molar-refractivity contribution in [2.45, 2.75) is 50.9 Å². The lowest BCUT2D eigenvalue weighted by molar-refractivity contribution is 0.132. The van der Waals surface area contributed by atoms with Crippen LogP contribution in [0.25, 0.3) is 32.8 Å². The second-order valence-corrected chi connectivity index (χ2v) is 14.4. The number of terminal acetylenes is 1. The molecule has 3 aliphatic heterocycles. The van der Waals surface area contributed by atoms with E-state index in [4.69, 9.17) is 27.7 Å². The zero-order valence-corrected chi connectivity index (χ0v) is 27.5. The molecule has 9 rings (SSSR count). The summed E-state index contributed by atoms with van der Waals surface area (Å²) in [6, 6.07) is 7.91. The first-order chi connectivity index (χ1) is 23.8. The quantitative estimate of drug-likeness (QED) is 0.206. The molecule has 5 aromatic rings. The van der Waals surface area contributed by atoms with Crippen LogP contribution >= 0.6 is 11.6 Å². The Morgan fingerprint density at radius 1 is 1.10 bits per heavy atom. The highest BCUT2D eigenvalue weighted by Gasteiger charge is 2.45. The molecule has 49 heavy (non-hydrogen) atoms. The van der Waals surface area contributed by atoms with Gasteiger partial charge in [0, 0.05) is 79.0 Å². The fourth-order valence-electron chi connectivity index (χ4n) is 8.02. The fourth-order valence-corrected chi connectivity index (χ4v) is 8.31. The van der Waals surface area contributed by atoms with E-state index in [0.29, 0.717) is 48.4 Å². The Hall–Kier alpha value is -4.50. The smallest absolute Gasteiger partial charge is 0.319 e. The van der Waals surface area contributed by atoms with Crippen molar-refractivity contribution < 1.29 is 18.6 Å². The van der Waals surface area contributed by atoms with Gasteiger partial charge in [-0.3, -0.25) is 4.90 Å². The van der Waals surface area contributed by atoms with Crippen molar-refractivity contribution in [1.29, 1.82) is 0 Å². The lowest BCUT2D eigenvalue weighted by Gasteiger charge is -2.34. The number of piperazine rings is 1. The van der Waals surface area contributed by atoms with Gasteiger partial charge < -0.3 is 24.6 Å². The number of halogens is 3. The van der Waals surface area contributed by atoms with E-state index in [9.17, 15) is 9.50 Å². The Morgan fingerprint density at radius 2 is 1.92 bits per heavy atom. The number of hydrogen-bond donors (Lipinski definition) is 2. The molecule has 2 bridgehead atoms. The van der Waals surface area contributed by atoms with E-state index in [0.717, 1.165) is 57.7 Å². The van der Waals surface area contributed by atoms with Crippen LogP contribution in [0.15, 0.2) is 42.7 Å². The van der Waals surface area contributed by atoms with Gasteiger partial charge in [0.2, 0.25) is 0 Å². The van der Waals surface area contributed by atoms with Crippen LogP contribution in [0.2, 0.25) is 5.02 Å². The Labute approximate surface area is 286 Å². The second-order valence-electron chi connectivity index (χ2n) is 14.0. The van der Waals surface area contributed by atoms with Crippen molar-refractivity contribution in [3.8, 4) is 35.2 Å². The lowest BCUT2D eigenvalue weighted by atomic mass is 9.93. The Morgan fingerprint density at radius 3 is 2.69 bits per heavy atom. The van der Waals surface area contributed by atoms with Crippen LogP contribution in [0.1, 0.15) is 37.1 Å². The molecule has 3 aromatic carbocycles. The zero-order chi connectivity index (χ0) is 33.4. The average molecular weight is 682 g/mol. The summed E-state index contributed by atoms with van der Waals surface area (Å²) in [6.07, 6.45) is 13.8. The van der Waals surface area contributed by atoms with Crippen molar-refractivity contribution in [2.24, 2.45) is 5.41 Å². The monoisotopic (exact) mass is 681 g/mol. The molecule has 5 heterocycles. The lowest BCUT2D eigenvalue weighted by Crippen LogP contribution is -2.51. The van der Waals surface area contributed by atoms with Gasteiger partial charge in [-0.2, -0.15) is 9.97 Å². The maximum atomic E-state index is 17.1. The largest absolute Gasteiger partial charge is 0.508 e. The summed E-state index contributed by atoms with van der Waals surface area (Å²) in [5.41, 5.74) is 0.0951. The number of anilines is 1. The molecule has 0 amide bonds. The van der Waals surface area contributed by atoms with Crippen molar-refractivity contribution in [3.63, 3.8) is 0 Å². The molecular weight excluding hydrogens is 648 g/mol. The normalized spacial score (nSPS) is 21.2. The van der Waals surface area contributed by atoms with Gasteiger partial charge in [0.05, 0.1) is 23.7 Å². The number of phenols is 1. The van der Waals surface area contributed by atoms with Gasteiger partial charge in [-0.1, -0.05) is 23.6 Å². The third kappa shape index (κ3) is 5.34. The van der Waals surface area contributed by atoms with Crippen LogP contribution in [0.5, 0.6) is 11.8 Å². The molecule has 2 N–H and O–H groups in total. The summed E-state index contributed by atoms with van der Waals surface area (Å²) in [5.74, 6) is 2.54. The minimum Gasteiger partial charge on any atom is -0.508 e. The number of fused-ring (bicyclic) bond motifs is 5. The van der Waals surface area contributed by atoms with E-state index in [-0.39, 0.29) is 49.8 Å². The van der Waals surface area contributed by atoms with E-state index in [1.165, 1.54) is 24.3 Å². The Bertz CT molecular complexity index is 2180. The molecule has 2 unspecified atom stereocenters. The summed E-state index contributed by atoms with van der Waals surface area (Å²) in [7, 11) is 0. The number of nitrogens with zero attached hydrogens (tertiary/aromatic N) is 6. The Balaban J connectivity index is 1.12. The fraction of sp³-hybridized carbons (Fsp3) is 0.378. The predicted molar refractivity (Wildman–Crippen MR) is 184 cm³/mol. The van der Waals surface area contributed by atoms with E-state index in [1.54, 1.807) is 6.07 Å². The molecule has 3 fully saturated rings. The maximum absolute atomic E-state index is 17.1. The van der Waals surface area contributed by atoms with Crippen molar-refractivity contribution >= 4 is 39.1 Å². The number of ether oxygens (including phenoxy) is 1. The average Bonchev–Trinajstić information content (AvgIpc) is 3.53. The highest BCUT2D eigenvalue weighted by atomic mass is 35.5. The van der Waals surface area contributed by atoms with E-state index in [2.05, 4.69) is 35.6 Å². The molecular formula is C37H34ClF2N7O2. The molecule has 1 saturated carbocycles. The van der Waals surface area contributed by atoms with Crippen LogP contribution in [-0.4, -0.2) is 74.4 Å². The first kappa shape index (κ1) is 30.6. The zero-order valence-electron chi connectivity index (χ0n) is 26.7. The van der Waals surface area contributed by atoms with Crippen molar-refractivity contribution in [1.82, 2.24) is 29.7 Å². The molecule has 0 radical (unpaired) electrons. The van der Waals surface area contributed by atoms with Gasteiger partial charge in [-0.05, 0) is 60.9 Å². The van der Waals surface area contributed by atoms with Gasteiger partial charge >= 0.3 is 6.01 Å². The molecule has 2 atom stereocenters. The van der Waals surface area contributed by atoms with Gasteiger partial charge in [0.25, 0.3) is 0 Å². The minimum absolute atomic E-state index is 0.0322. The molecule has 0 spiro atoms. The van der Waals surface area contributed by atoms with Crippen molar-refractivity contribution in [3.05, 3.63) is 70.8 Å². The first-order valence-corrected chi connectivity index (χ1v) is 17.1. The third-order valence-electron chi connectivity index (χ3n) is 10.7. The van der Waals surface area contributed by atoms with Crippen LogP contribution in [0.4, 0.5) is 14.6 Å². The van der Waals surface area contributed by atoms with Crippen LogP contribution in [0.3, 0.4) is 0 Å². The molecule has 12 heteroatoms. The Kier molecular flexibility index (Phi) is 7.20. The van der Waals surface area contributed by atoms with E-state index < -0.39 is 11.6 Å². The topological polar surface area (TPSA) is 91.6 Å². The van der Waals surface area contributed by atoms with Gasteiger partial charge in [0.15, 0.2) is 5.82 Å². The maximum Gasteiger partial charge on any atom is 0.319 e. The van der Waals surface area contributed by atoms with Gasteiger partial charge in [-0.15, -0.1) is 6.42 Å². The van der Waals surface area contributed by atoms with Gasteiger partial charge in [-0.25, -0.2) is 13.8 Å². The molecule has 9 nitrogen and oxygen atoms in total. The first-order valence-electron chi connectivity index (χ1n) is 16.8. The molecule has 2 saturated heterocycles. The van der Waals surface area contributed by atoms with Crippen LogP contribution in [0, 0.1) is 29.4 Å². The molecule has 4 aliphatic rings. The number of rotatable bonds is 7. The third-order valence-corrected chi connectivity index (χ3v) is 11.0. The number of aromatic nitrogens is 4. The summed E-state index contributed by atoms with van der Waals surface area (Å²) in [6.45, 7) is 5.33. The number of aromatic hydroxyl groups is 1. The summed E-state index contributed by atoms with van der Waals surface area (Å²) < 4.78 is 40.6. The van der Waals surface area contributed by atoms with E-state index >= 15 is 4.39 Å². The number of nitrogens with one attached hydrogen (secondary N) is 1. The minimum atomic E-state index is -0.724. The molecule has 250 valence electrons. The second kappa shape index (κ2) is 11.5. The molecule has 2 aromatic heterocycles. The number of imidazole rings is 1. The molecule has 1 aliphatic carbocycles. The predicted octanol–water partition coefficient (Wildman–Crippen LogP) is 5.88. The van der Waals surface area contributed by atoms with Crippen LogP contribution in [-0.2, 0) is 13.1 Å². The van der Waals surface area contributed by atoms with Gasteiger partial charge in [0.1, 0.15) is 28.7 Å². The standard InChI is InChI=1S/C37H34ClF2N7O2/c1-2-25-29(39)6-3-21-13-24(48)14-26(31(21)25)32-28(38)15-27-34(33(32)40)43-36(44-35(27)47-16-22-4-5-23(17-47)42-22)49-20-37(7-8-37)19-45-11-12-46-10-9-41-30(46)18-45/h1,3,6,9-10,13-15,22-23,42,48H,4-5,7-8,11-12,16-20H2. The summed E-state index contributed by atoms with van der Waals surface area (Å²) in [5, 5.41) is 15.5. The summed E-state index contributed by atoms with van der Waals surface area (Å²) in [4.78, 5) is 18.7. The van der Waals surface area contributed by atoms with E-state index in [1.807, 2.05) is 12.4 Å². The summed E-state index contributed by atoms with van der Waals surface area (Å²) >= 11 is 6.90. The SMILES string of the molecule is C#Cc1c(F)ccc2cc(O)cc(-c3c(Cl)cc4c(N5CC6CCC(C5)N6)nc(OCC5(CN6CCn7ccnc7C6)CC5)nc4c3F)c12. The highest BCUT2D eigenvalue weighted by molar-refractivity contribution is 6.35.